The fourth-order valence-corrected chi connectivity index (χ4v) is 3.67. The van der Waals surface area contributed by atoms with Gasteiger partial charge in [0.25, 0.3) is 0 Å². The van der Waals surface area contributed by atoms with Crippen LogP contribution in [0, 0.1) is 11.8 Å². The summed E-state index contributed by atoms with van der Waals surface area (Å²) in [7, 11) is 0. The maximum absolute atomic E-state index is 6.27. The third-order valence-electron chi connectivity index (χ3n) is 4.41. The zero-order chi connectivity index (χ0) is 11.4. The van der Waals surface area contributed by atoms with Crippen molar-refractivity contribution in [3.05, 3.63) is 0 Å². The zero-order valence-corrected chi connectivity index (χ0v) is 11.1. The highest BCUT2D eigenvalue weighted by Crippen LogP contribution is 2.38. The van der Waals surface area contributed by atoms with Gasteiger partial charge in [-0.25, -0.2) is 0 Å². The lowest BCUT2D eigenvalue weighted by Crippen LogP contribution is -2.34. The molecular weight excluding hydrogens is 196 g/mol. The standard InChI is InChI=1S/C15H28O/c1-12(2)16-15(14-10-6-7-11-14)13-8-4-3-5-9-13/h12-15H,3-11H2,1-2H3. The summed E-state index contributed by atoms with van der Waals surface area (Å²) in [5.74, 6) is 1.75. The van der Waals surface area contributed by atoms with Crippen molar-refractivity contribution >= 4 is 0 Å². The Balaban J connectivity index is 1.94. The largest absolute Gasteiger partial charge is 0.375 e. The number of hydrogen-bond acceptors (Lipinski definition) is 1. The van der Waals surface area contributed by atoms with Gasteiger partial charge in [-0.1, -0.05) is 32.1 Å². The first-order chi connectivity index (χ1) is 7.77. The second-order valence-electron chi connectivity index (χ2n) is 6.09. The molecule has 0 aromatic carbocycles. The average Bonchev–Trinajstić information content (AvgIpc) is 2.80. The third kappa shape index (κ3) is 3.23. The molecule has 0 radical (unpaired) electrons. The van der Waals surface area contributed by atoms with E-state index in [2.05, 4.69) is 13.8 Å². The Bertz CT molecular complexity index is 188. The van der Waals surface area contributed by atoms with Crippen LogP contribution in [0.4, 0.5) is 0 Å². The predicted octanol–water partition coefficient (Wildman–Crippen LogP) is 4.55. The minimum Gasteiger partial charge on any atom is -0.375 e. The molecule has 0 bridgehead atoms. The molecule has 1 nitrogen and oxygen atoms in total. The fraction of sp³-hybridized carbons (Fsp3) is 1.00. The Kier molecular flexibility index (Phi) is 4.69. The van der Waals surface area contributed by atoms with Crippen LogP contribution < -0.4 is 0 Å². The SMILES string of the molecule is CC(C)OC(C1CCCCC1)C1CCCC1. The Labute approximate surface area is 101 Å². The molecule has 0 amide bonds. The molecule has 2 aliphatic rings. The summed E-state index contributed by atoms with van der Waals surface area (Å²) in [6.07, 6.45) is 13.9. The number of hydrogen-bond donors (Lipinski definition) is 0. The van der Waals surface area contributed by atoms with Gasteiger partial charge in [0.2, 0.25) is 0 Å². The lowest BCUT2D eigenvalue weighted by molar-refractivity contribution is -0.0665. The van der Waals surface area contributed by atoms with E-state index in [0.29, 0.717) is 12.2 Å². The van der Waals surface area contributed by atoms with Crippen LogP contribution >= 0.6 is 0 Å². The van der Waals surface area contributed by atoms with E-state index in [1.807, 2.05) is 0 Å². The summed E-state index contributed by atoms with van der Waals surface area (Å²) in [5.41, 5.74) is 0. The topological polar surface area (TPSA) is 9.23 Å². The molecule has 1 unspecified atom stereocenters. The van der Waals surface area contributed by atoms with E-state index in [9.17, 15) is 0 Å². The highest BCUT2D eigenvalue weighted by atomic mass is 16.5. The quantitative estimate of drug-likeness (QED) is 0.680. The van der Waals surface area contributed by atoms with E-state index in [0.717, 1.165) is 11.8 Å². The molecule has 1 atom stereocenters. The van der Waals surface area contributed by atoms with Crippen LogP contribution in [0.15, 0.2) is 0 Å². The summed E-state index contributed by atoms with van der Waals surface area (Å²) in [6.45, 7) is 4.40. The summed E-state index contributed by atoms with van der Waals surface area (Å²) in [6, 6.07) is 0. The third-order valence-corrected chi connectivity index (χ3v) is 4.41. The summed E-state index contributed by atoms with van der Waals surface area (Å²) in [5, 5.41) is 0. The Morgan fingerprint density at radius 1 is 0.750 bits per heavy atom. The molecule has 0 aromatic rings. The average molecular weight is 224 g/mol. The zero-order valence-electron chi connectivity index (χ0n) is 11.1. The molecule has 2 rings (SSSR count). The second-order valence-corrected chi connectivity index (χ2v) is 6.09. The Hall–Kier alpha value is -0.0400. The maximum Gasteiger partial charge on any atom is 0.0634 e. The van der Waals surface area contributed by atoms with E-state index >= 15 is 0 Å². The normalized spacial score (nSPS) is 26.4. The molecule has 0 heterocycles. The molecule has 2 saturated carbocycles. The maximum atomic E-state index is 6.27. The van der Waals surface area contributed by atoms with Crippen LogP contribution in [0.3, 0.4) is 0 Å². The van der Waals surface area contributed by atoms with Crippen LogP contribution in [0.5, 0.6) is 0 Å². The summed E-state index contributed by atoms with van der Waals surface area (Å²) >= 11 is 0. The van der Waals surface area contributed by atoms with E-state index < -0.39 is 0 Å². The number of ether oxygens (including phenoxy) is 1. The second kappa shape index (κ2) is 6.05. The van der Waals surface area contributed by atoms with Crippen molar-refractivity contribution < 1.29 is 4.74 Å². The van der Waals surface area contributed by atoms with Gasteiger partial charge in [-0.3, -0.25) is 0 Å². The van der Waals surface area contributed by atoms with Crippen LogP contribution in [0.25, 0.3) is 0 Å². The van der Waals surface area contributed by atoms with E-state index in [4.69, 9.17) is 4.74 Å². The minimum atomic E-state index is 0.410. The molecule has 2 aliphatic carbocycles. The van der Waals surface area contributed by atoms with Gasteiger partial charge < -0.3 is 4.74 Å². The minimum absolute atomic E-state index is 0.410. The van der Waals surface area contributed by atoms with Crippen molar-refractivity contribution in [2.75, 3.05) is 0 Å². The molecule has 0 aliphatic heterocycles. The Morgan fingerprint density at radius 2 is 1.19 bits per heavy atom. The summed E-state index contributed by atoms with van der Waals surface area (Å²) in [4.78, 5) is 0. The van der Waals surface area contributed by atoms with Crippen LogP contribution in [-0.4, -0.2) is 12.2 Å². The molecule has 2 fully saturated rings. The van der Waals surface area contributed by atoms with Gasteiger partial charge in [-0.05, 0) is 51.4 Å². The molecule has 1 heteroatoms. The van der Waals surface area contributed by atoms with Gasteiger partial charge in [0.05, 0.1) is 12.2 Å². The highest BCUT2D eigenvalue weighted by molar-refractivity contribution is 4.83. The molecule has 0 aromatic heterocycles. The predicted molar refractivity (Wildman–Crippen MR) is 68.5 cm³/mol. The van der Waals surface area contributed by atoms with Crippen LogP contribution in [0.1, 0.15) is 71.6 Å². The molecule has 94 valence electrons. The van der Waals surface area contributed by atoms with E-state index in [1.165, 1.54) is 57.8 Å². The van der Waals surface area contributed by atoms with E-state index in [1.54, 1.807) is 0 Å². The lowest BCUT2D eigenvalue weighted by Gasteiger charge is -2.35. The monoisotopic (exact) mass is 224 g/mol. The highest BCUT2D eigenvalue weighted by Gasteiger charge is 2.33. The van der Waals surface area contributed by atoms with Gasteiger partial charge >= 0.3 is 0 Å². The van der Waals surface area contributed by atoms with Crippen molar-refractivity contribution in [1.29, 1.82) is 0 Å². The van der Waals surface area contributed by atoms with Gasteiger partial charge in [-0.2, -0.15) is 0 Å². The molecule has 0 saturated heterocycles. The van der Waals surface area contributed by atoms with Crippen LogP contribution in [0.2, 0.25) is 0 Å². The first-order valence-corrected chi connectivity index (χ1v) is 7.43. The van der Waals surface area contributed by atoms with Crippen molar-refractivity contribution in [1.82, 2.24) is 0 Å². The molecular formula is C15H28O. The van der Waals surface area contributed by atoms with Gasteiger partial charge in [0.1, 0.15) is 0 Å². The van der Waals surface area contributed by atoms with Crippen LogP contribution in [-0.2, 0) is 4.74 Å². The van der Waals surface area contributed by atoms with Crippen molar-refractivity contribution in [2.45, 2.75) is 83.8 Å². The van der Waals surface area contributed by atoms with Gasteiger partial charge in [-0.15, -0.1) is 0 Å². The van der Waals surface area contributed by atoms with Crippen molar-refractivity contribution in [2.24, 2.45) is 11.8 Å². The first kappa shape index (κ1) is 12.4. The van der Waals surface area contributed by atoms with Gasteiger partial charge in [0.15, 0.2) is 0 Å². The fourth-order valence-electron chi connectivity index (χ4n) is 3.67. The summed E-state index contributed by atoms with van der Waals surface area (Å²) < 4.78 is 6.27. The lowest BCUT2D eigenvalue weighted by atomic mass is 9.79. The molecule has 0 N–H and O–H groups in total. The van der Waals surface area contributed by atoms with Gasteiger partial charge in [0, 0.05) is 0 Å². The molecule has 16 heavy (non-hydrogen) atoms. The smallest absolute Gasteiger partial charge is 0.0634 e. The first-order valence-electron chi connectivity index (χ1n) is 7.43. The van der Waals surface area contributed by atoms with Crippen molar-refractivity contribution in [3.8, 4) is 0 Å². The molecule has 0 spiro atoms. The van der Waals surface area contributed by atoms with Crippen molar-refractivity contribution in [3.63, 3.8) is 0 Å². The Morgan fingerprint density at radius 3 is 1.62 bits per heavy atom. The van der Waals surface area contributed by atoms with E-state index in [-0.39, 0.29) is 0 Å². The number of rotatable bonds is 4.